The summed E-state index contributed by atoms with van der Waals surface area (Å²) in [4.78, 5) is 11.0. The first-order chi connectivity index (χ1) is 7.40. The Morgan fingerprint density at radius 2 is 2.12 bits per heavy atom. The lowest BCUT2D eigenvalue weighted by atomic mass is 9.95. The lowest BCUT2D eigenvalue weighted by Gasteiger charge is -2.17. The Bertz CT molecular complexity index is 428. The Kier molecular flexibility index (Phi) is 3.65. The van der Waals surface area contributed by atoms with E-state index in [1.807, 2.05) is 0 Å². The van der Waals surface area contributed by atoms with Crippen molar-refractivity contribution in [2.24, 2.45) is 0 Å². The first-order valence-corrected chi connectivity index (χ1v) is 5.06. The predicted octanol–water partition coefficient (Wildman–Crippen LogP) is 2.55. The normalized spacial score (nSPS) is 12.2. The van der Waals surface area contributed by atoms with Gasteiger partial charge in [-0.3, -0.25) is 4.79 Å². The molecule has 0 amide bonds. The zero-order chi connectivity index (χ0) is 12.5. The van der Waals surface area contributed by atoms with E-state index in [0.717, 1.165) is 0 Å². The minimum absolute atomic E-state index is 0.152. The molecule has 1 rings (SSSR count). The molecule has 5 heteroatoms. The number of phenolic OH excluding ortho intramolecular Hbond substituents is 1. The van der Waals surface area contributed by atoms with Crippen molar-refractivity contribution >= 4 is 17.6 Å². The van der Waals surface area contributed by atoms with Gasteiger partial charge in [-0.15, -0.1) is 0 Å². The SMILES string of the molecule is COc1c(O)cc(Cl)c(C)c1C(C)C(=O)O. The highest BCUT2D eigenvalue weighted by atomic mass is 35.5. The van der Waals surface area contributed by atoms with Gasteiger partial charge >= 0.3 is 5.97 Å². The number of carboxylic acid groups (broad SMARTS) is 1. The summed E-state index contributed by atoms with van der Waals surface area (Å²) in [6, 6.07) is 1.34. The van der Waals surface area contributed by atoms with Crippen molar-refractivity contribution in [2.45, 2.75) is 19.8 Å². The molecule has 1 aromatic carbocycles. The van der Waals surface area contributed by atoms with E-state index < -0.39 is 11.9 Å². The molecular weight excluding hydrogens is 232 g/mol. The lowest BCUT2D eigenvalue weighted by molar-refractivity contribution is -0.138. The van der Waals surface area contributed by atoms with Gasteiger partial charge < -0.3 is 14.9 Å². The largest absolute Gasteiger partial charge is 0.504 e. The van der Waals surface area contributed by atoms with Gasteiger partial charge in [-0.25, -0.2) is 0 Å². The quantitative estimate of drug-likeness (QED) is 0.858. The van der Waals surface area contributed by atoms with Gasteiger partial charge in [0.05, 0.1) is 13.0 Å². The molecule has 0 heterocycles. The predicted molar refractivity (Wildman–Crippen MR) is 60.5 cm³/mol. The van der Waals surface area contributed by atoms with Crippen LogP contribution in [0, 0.1) is 6.92 Å². The van der Waals surface area contributed by atoms with Crippen LogP contribution in [0.5, 0.6) is 11.5 Å². The monoisotopic (exact) mass is 244 g/mol. The highest BCUT2D eigenvalue weighted by molar-refractivity contribution is 6.31. The molecule has 0 saturated carbocycles. The van der Waals surface area contributed by atoms with Crippen molar-refractivity contribution in [3.63, 3.8) is 0 Å². The number of aromatic hydroxyl groups is 1. The molecule has 0 radical (unpaired) electrons. The van der Waals surface area contributed by atoms with E-state index in [1.165, 1.54) is 20.1 Å². The minimum Gasteiger partial charge on any atom is -0.504 e. The third kappa shape index (κ3) is 2.07. The highest BCUT2D eigenvalue weighted by Gasteiger charge is 2.24. The molecule has 88 valence electrons. The van der Waals surface area contributed by atoms with Gasteiger partial charge in [0, 0.05) is 16.7 Å². The molecule has 0 aliphatic rings. The van der Waals surface area contributed by atoms with E-state index in [-0.39, 0.29) is 11.5 Å². The van der Waals surface area contributed by atoms with Crippen LogP contribution in [0.4, 0.5) is 0 Å². The maximum absolute atomic E-state index is 11.0. The fourth-order valence-electron chi connectivity index (χ4n) is 1.59. The molecular formula is C11H13ClO4. The van der Waals surface area contributed by atoms with Crippen LogP contribution in [0.2, 0.25) is 5.02 Å². The van der Waals surface area contributed by atoms with E-state index in [2.05, 4.69) is 0 Å². The van der Waals surface area contributed by atoms with Crippen molar-refractivity contribution < 1.29 is 19.7 Å². The fraction of sp³-hybridized carbons (Fsp3) is 0.364. The number of aliphatic carboxylic acids is 1. The highest BCUT2D eigenvalue weighted by Crippen LogP contribution is 2.40. The number of carbonyl (C=O) groups is 1. The topological polar surface area (TPSA) is 66.8 Å². The summed E-state index contributed by atoms with van der Waals surface area (Å²) in [5.41, 5.74) is 1.01. The van der Waals surface area contributed by atoms with E-state index >= 15 is 0 Å². The van der Waals surface area contributed by atoms with Crippen molar-refractivity contribution in [1.82, 2.24) is 0 Å². The third-order valence-corrected chi connectivity index (χ3v) is 2.90. The summed E-state index contributed by atoms with van der Waals surface area (Å²) >= 11 is 5.89. The Morgan fingerprint density at radius 1 is 1.56 bits per heavy atom. The number of hydrogen-bond acceptors (Lipinski definition) is 3. The van der Waals surface area contributed by atoms with Crippen molar-refractivity contribution in [1.29, 1.82) is 0 Å². The summed E-state index contributed by atoms with van der Waals surface area (Å²) in [7, 11) is 1.38. The molecule has 1 unspecified atom stereocenters. The van der Waals surface area contributed by atoms with Crippen LogP contribution in [0.3, 0.4) is 0 Å². The van der Waals surface area contributed by atoms with Crippen LogP contribution in [-0.4, -0.2) is 23.3 Å². The summed E-state index contributed by atoms with van der Waals surface area (Å²) in [6.07, 6.45) is 0. The van der Waals surface area contributed by atoms with Gasteiger partial charge in [-0.05, 0) is 19.4 Å². The van der Waals surface area contributed by atoms with E-state index in [9.17, 15) is 9.90 Å². The smallest absolute Gasteiger partial charge is 0.310 e. The zero-order valence-electron chi connectivity index (χ0n) is 9.24. The second kappa shape index (κ2) is 4.61. The van der Waals surface area contributed by atoms with Crippen LogP contribution in [0.1, 0.15) is 24.0 Å². The van der Waals surface area contributed by atoms with Gasteiger partial charge in [-0.1, -0.05) is 11.6 Å². The number of rotatable bonds is 3. The molecule has 1 aromatic rings. The maximum atomic E-state index is 11.0. The maximum Gasteiger partial charge on any atom is 0.310 e. The van der Waals surface area contributed by atoms with Crippen molar-refractivity contribution in [3.8, 4) is 11.5 Å². The van der Waals surface area contributed by atoms with Gasteiger partial charge in [0.25, 0.3) is 0 Å². The lowest BCUT2D eigenvalue weighted by Crippen LogP contribution is -2.11. The Balaban J connectivity index is 3.50. The van der Waals surface area contributed by atoms with Crippen LogP contribution >= 0.6 is 11.6 Å². The molecule has 0 spiro atoms. The van der Waals surface area contributed by atoms with E-state index in [0.29, 0.717) is 16.1 Å². The molecule has 0 bridgehead atoms. The second-order valence-electron chi connectivity index (χ2n) is 3.51. The third-order valence-electron chi connectivity index (χ3n) is 2.51. The van der Waals surface area contributed by atoms with Gasteiger partial charge in [0.1, 0.15) is 0 Å². The van der Waals surface area contributed by atoms with Crippen molar-refractivity contribution in [2.75, 3.05) is 7.11 Å². The van der Waals surface area contributed by atoms with Crippen molar-refractivity contribution in [3.05, 3.63) is 22.2 Å². The fourth-order valence-corrected chi connectivity index (χ4v) is 1.80. The van der Waals surface area contributed by atoms with E-state index in [1.54, 1.807) is 6.92 Å². The number of benzene rings is 1. The van der Waals surface area contributed by atoms with Gasteiger partial charge in [0.2, 0.25) is 0 Å². The summed E-state index contributed by atoms with van der Waals surface area (Å²) in [5, 5.41) is 18.9. The number of ether oxygens (including phenoxy) is 1. The molecule has 4 nitrogen and oxygen atoms in total. The molecule has 2 N–H and O–H groups in total. The zero-order valence-corrected chi connectivity index (χ0v) is 10.00. The first-order valence-electron chi connectivity index (χ1n) is 4.68. The molecule has 0 aromatic heterocycles. The van der Waals surface area contributed by atoms with Crippen LogP contribution in [0.15, 0.2) is 6.07 Å². The molecule has 16 heavy (non-hydrogen) atoms. The molecule has 0 fully saturated rings. The Labute approximate surface area is 98.4 Å². The molecule has 0 saturated heterocycles. The number of phenols is 1. The standard InChI is InChI=1S/C11H13ClO4/c1-5-7(12)4-8(13)10(16-3)9(5)6(2)11(14)15/h4,6,13H,1-3H3,(H,14,15). The average molecular weight is 245 g/mol. The van der Waals surface area contributed by atoms with Crippen LogP contribution < -0.4 is 4.74 Å². The van der Waals surface area contributed by atoms with Gasteiger partial charge in [0.15, 0.2) is 11.5 Å². The van der Waals surface area contributed by atoms with Gasteiger partial charge in [-0.2, -0.15) is 0 Å². The molecule has 0 aliphatic carbocycles. The number of carboxylic acids is 1. The second-order valence-corrected chi connectivity index (χ2v) is 3.92. The summed E-state index contributed by atoms with van der Waals surface area (Å²) in [5.74, 6) is -1.78. The summed E-state index contributed by atoms with van der Waals surface area (Å²) in [6.45, 7) is 3.21. The van der Waals surface area contributed by atoms with E-state index in [4.69, 9.17) is 21.4 Å². The molecule has 1 atom stereocenters. The number of halogens is 1. The summed E-state index contributed by atoms with van der Waals surface area (Å²) < 4.78 is 5.01. The minimum atomic E-state index is -0.997. The number of hydrogen-bond donors (Lipinski definition) is 2. The van der Waals surface area contributed by atoms with Crippen LogP contribution in [-0.2, 0) is 4.79 Å². The van der Waals surface area contributed by atoms with Crippen LogP contribution in [0.25, 0.3) is 0 Å². The number of methoxy groups -OCH3 is 1. The Morgan fingerprint density at radius 3 is 2.56 bits per heavy atom. The molecule has 0 aliphatic heterocycles. The average Bonchev–Trinajstić information content (AvgIpc) is 2.21. The first kappa shape index (κ1) is 12.6. The Hall–Kier alpha value is -1.42.